The van der Waals surface area contributed by atoms with E-state index in [1.54, 1.807) is 0 Å². The summed E-state index contributed by atoms with van der Waals surface area (Å²) in [6, 6.07) is 0.541. The first-order valence-corrected chi connectivity index (χ1v) is 6.44. The molecule has 0 spiro atoms. The maximum absolute atomic E-state index is 5.56. The van der Waals surface area contributed by atoms with Crippen molar-refractivity contribution in [2.45, 2.75) is 63.8 Å². The number of aliphatic imine (C=N–C) groups is 1. The quantitative estimate of drug-likeness (QED) is 0.241. The lowest BCUT2D eigenvalue weighted by Crippen LogP contribution is -2.40. The molecule has 15 heavy (non-hydrogen) atoms. The van der Waals surface area contributed by atoms with E-state index in [2.05, 4.69) is 5.43 Å². The zero-order chi connectivity index (χ0) is 10.5. The van der Waals surface area contributed by atoms with Gasteiger partial charge in [-0.3, -0.25) is 4.99 Å². The van der Waals surface area contributed by atoms with E-state index in [1.165, 1.54) is 57.8 Å². The zero-order valence-corrected chi connectivity index (χ0v) is 9.54. The van der Waals surface area contributed by atoms with Gasteiger partial charge in [-0.2, -0.15) is 0 Å². The molecule has 2 aliphatic rings. The number of hydrogen-bond donors (Lipinski definition) is 2. The molecule has 0 aromatic heterocycles. The molecule has 2 fully saturated rings. The van der Waals surface area contributed by atoms with Gasteiger partial charge in [0, 0.05) is 5.92 Å². The van der Waals surface area contributed by atoms with Crippen LogP contribution in [0.25, 0.3) is 0 Å². The summed E-state index contributed by atoms with van der Waals surface area (Å²) >= 11 is 0. The van der Waals surface area contributed by atoms with Crippen LogP contribution in [0.5, 0.6) is 0 Å². The summed E-state index contributed by atoms with van der Waals surface area (Å²) in [6.07, 6.45) is 11.9. The van der Waals surface area contributed by atoms with Gasteiger partial charge in [0.1, 0.15) is 5.84 Å². The van der Waals surface area contributed by atoms with Gasteiger partial charge in [0.25, 0.3) is 0 Å². The Kier molecular flexibility index (Phi) is 4.01. The maximum Gasteiger partial charge on any atom is 0.114 e. The minimum Gasteiger partial charge on any atom is -0.312 e. The first-order chi connectivity index (χ1) is 7.40. The van der Waals surface area contributed by atoms with Crippen molar-refractivity contribution >= 4 is 5.84 Å². The maximum atomic E-state index is 5.56. The molecule has 0 aliphatic heterocycles. The fraction of sp³-hybridized carbons (Fsp3) is 0.917. The molecular weight excluding hydrogens is 186 g/mol. The summed E-state index contributed by atoms with van der Waals surface area (Å²) in [6.45, 7) is 0. The van der Waals surface area contributed by atoms with Crippen LogP contribution in [0, 0.1) is 5.92 Å². The number of amidine groups is 1. The number of hydrazine groups is 1. The highest BCUT2D eigenvalue weighted by Gasteiger charge is 2.24. The van der Waals surface area contributed by atoms with Gasteiger partial charge in [0.15, 0.2) is 0 Å². The first kappa shape index (κ1) is 10.9. The average molecular weight is 209 g/mol. The van der Waals surface area contributed by atoms with Crippen molar-refractivity contribution in [3.63, 3.8) is 0 Å². The highest BCUT2D eigenvalue weighted by atomic mass is 15.3. The summed E-state index contributed by atoms with van der Waals surface area (Å²) in [5, 5.41) is 0. The van der Waals surface area contributed by atoms with E-state index in [-0.39, 0.29) is 0 Å². The minimum absolute atomic E-state index is 0.541. The number of hydrogen-bond acceptors (Lipinski definition) is 2. The molecule has 2 rings (SSSR count). The molecule has 86 valence electrons. The summed E-state index contributed by atoms with van der Waals surface area (Å²) < 4.78 is 0. The van der Waals surface area contributed by atoms with Crippen LogP contribution in [0.2, 0.25) is 0 Å². The number of nitrogens with two attached hydrogens (primary N) is 1. The molecule has 0 radical (unpaired) electrons. The van der Waals surface area contributed by atoms with Crippen molar-refractivity contribution in [2.24, 2.45) is 16.8 Å². The molecule has 2 aliphatic carbocycles. The summed E-state index contributed by atoms with van der Waals surface area (Å²) in [4.78, 5) is 4.82. The van der Waals surface area contributed by atoms with E-state index in [1.807, 2.05) is 0 Å². The average Bonchev–Trinajstić information content (AvgIpc) is 2.42. The Morgan fingerprint density at radius 1 is 0.933 bits per heavy atom. The van der Waals surface area contributed by atoms with Crippen molar-refractivity contribution in [2.75, 3.05) is 0 Å². The topological polar surface area (TPSA) is 50.4 Å². The molecule has 0 saturated heterocycles. The zero-order valence-electron chi connectivity index (χ0n) is 9.54. The highest BCUT2D eigenvalue weighted by Crippen LogP contribution is 2.28. The van der Waals surface area contributed by atoms with Crippen molar-refractivity contribution in [1.82, 2.24) is 5.43 Å². The highest BCUT2D eigenvalue weighted by molar-refractivity contribution is 5.84. The van der Waals surface area contributed by atoms with Crippen LogP contribution in [0.15, 0.2) is 4.99 Å². The second kappa shape index (κ2) is 5.50. The van der Waals surface area contributed by atoms with Gasteiger partial charge < -0.3 is 5.43 Å². The van der Waals surface area contributed by atoms with E-state index in [4.69, 9.17) is 10.8 Å². The van der Waals surface area contributed by atoms with Crippen LogP contribution < -0.4 is 11.3 Å². The predicted octanol–water partition coefficient (Wildman–Crippen LogP) is 2.37. The number of nitrogens with zero attached hydrogens (tertiary/aromatic N) is 1. The second-order valence-corrected chi connectivity index (χ2v) is 4.93. The van der Waals surface area contributed by atoms with Crippen LogP contribution in [-0.2, 0) is 0 Å². The lowest BCUT2D eigenvalue weighted by Gasteiger charge is -2.27. The molecule has 0 unspecified atom stereocenters. The molecule has 3 N–H and O–H groups in total. The molecular formula is C12H23N3. The Hall–Kier alpha value is -0.570. The van der Waals surface area contributed by atoms with Gasteiger partial charge in [0.2, 0.25) is 0 Å². The van der Waals surface area contributed by atoms with Crippen molar-refractivity contribution in [1.29, 1.82) is 0 Å². The normalized spacial score (nSPS) is 25.8. The van der Waals surface area contributed by atoms with Gasteiger partial charge in [-0.05, 0) is 25.7 Å². The lowest BCUT2D eigenvalue weighted by molar-refractivity contribution is 0.400. The standard InChI is InChI=1S/C12H23N3/c13-15-12(10-6-5-7-10)14-11-8-3-1-2-4-9-11/h10-11H,1-9,13H2,(H,14,15). The largest absolute Gasteiger partial charge is 0.312 e. The third kappa shape index (κ3) is 2.94. The Labute approximate surface area is 92.5 Å². The second-order valence-electron chi connectivity index (χ2n) is 4.93. The van der Waals surface area contributed by atoms with Crippen LogP contribution in [0.4, 0.5) is 0 Å². The van der Waals surface area contributed by atoms with E-state index in [0.717, 1.165) is 5.84 Å². The molecule has 0 aromatic rings. The summed E-state index contributed by atoms with van der Waals surface area (Å²) in [7, 11) is 0. The fourth-order valence-electron chi connectivity index (χ4n) is 2.53. The number of rotatable bonds is 2. The first-order valence-electron chi connectivity index (χ1n) is 6.44. The van der Waals surface area contributed by atoms with Crippen LogP contribution in [-0.4, -0.2) is 11.9 Å². The van der Waals surface area contributed by atoms with Gasteiger partial charge in [-0.1, -0.05) is 32.1 Å². The minimum atomic E-state index is 0.541. The van der Waals surface area contributed by atoms with Gasteiger partial charge in [0.05, 0.1) is 6.04 Å². The Morgan fingerprint density at radius 2 is 1.60 bits per heavy atom. The van der Waals surface area contributed by atoms with Crippen molar-refractivity contribution in [3.05, 3.63) is 0 Å². The number of nitrogens with one attached hydrogen (secondary N) is 1. The molecule has 0 amide bonds. The summed E-state index contributed by atoms with van der Waals surface area (Å²) in [5.41, 5.74) is 2.82. The molecule has 0 aromatic carbocycles. The molecule has 0 bridgehead atoms. The monoisotopic (exact) mass is 209 g/mol. The van der Waals surface area contributed by atoms with Gasteiger partial charge in [-0.15, -0.1) is 0 Å². The van der Waals surface area contributed by atoms with E-state index < -0.39 is 0 Å². The Bertz CT molecular complexity index is 213. The van der Waals surface area contributed by atoms with Crippen LogP contribution in [0.1, 0.15) is 57.8 Å². The third-order valence-corrected chi connectivity index (χ3v) is 3.79. The van der Waals surface area contributed by atoms with Crippen molar-refractivity contribution in [3.8, 4) is 0 Å². The Balaban J connectivity index is 1.91. The molecule has 2 saturated carbocycles. The predicted molar refractivity (Wildman–Crippen MR) is 63.6 cm³/mol. The molecule has 0 atom stereocenters. The molecule has 3 heteroatoms. The van der Waals surface area contributed by atoms with Gasteiger partial charge >= 0.3 is 0 Å². The molecule has 0 heterocycles. The SMILES string of the molecule is NNC(=NC1CCCCCC1)C1CCC1. The van der Waals surface area contributed by atoms with E-state index >= 15 is 0 Å². The van der Waals surface area contributed by atoms with E-state index in [9.17, 15) is 0 Å². The van der Waals surface area contributed by atoms with Crippen LogP contribution >= 0.6 is 0 Å². The third-order valence-electron chi connectivity index (χ3n) is 3.79. The van der Waals surface area contributed by atoms with E-state index in [0.29, 0.717) is 12.0 Å². The van der Waals surface area contributed by atoms with Crippen molar-refractivity contribution < 1.29 is 0 Å². The summed E-state index contributed by atoms with van der Waals surface area (Å²) in [5.74, 6) is 7.27. The lowest BCUT2D eigenvalue weighted by atomic mass is 9.84. The smallest absolute Gasteiger partial charge is 0.114 e. The Morgan fingerprint density at radius 3 is 2.07 bits per heavy atom. The molecule has 3 nitrogen and oxygen atoms in total. The van der Waals surface area contributed by atoms with Gasteiger partial charge in [-0.25, -0.2) is 5.84 Å². The fourth-order valence-corrected chi connectivity index (χ4v) is 2.53. The van der Waals surface area contributed by atoms with Crippen LogP contribution in [0.3, 0.4) is 0 Å².